The number of aromatic nitrogens is 1. The van der Waals surface area contributed by atoms with Gasteiger partial charge in [-0.25, -0.2) is 9.78 Å². The van der Waals surface area contributed by atoms with Crippen LogP contribution in [0.3, 0.4) is 0 Å². The number of rotatable bonds is 3. The highest BCUT2D eigenvalue weighted by Crippen LogP contribution is 2.29. The monoisotopic (exact) mass is 330 g/mol. The predicted octanol–water partition coefficient (Wildman–Crippen LogP) is 2.78. The minimum absolute atomic E-state index is 0.0475. The van der Waals surface area contributed by atoms with Crippen molar-refractivity contribution in [3.63, 3.8) is 0 Å². The van der Waals surface area contributed by atoms with Gasteiger partial charge < -0.3 is 15.5 Å². The molecule has 5 nitrogen and oxygen atoms in total. The van der Waals surface area contributed by atoms with Gasteiger partial charge in [0.15, 0.2) is 0 Å². The molecule has 1 aromatic rings. The summed E-state index contributed by atoms with van der Waals surface area (Å²) in [4.78, 5) is 17.5. The number of carbonyl (C=O) groups is 1. The van der Waals surface area contributed by atoms with Crippen LogP contribution >= 0.6 is 0 Å². The van der Waals surface area contributed by atoms with Crippen molar-refractivity contribution in [3.8, 4) is 0 Å². The first-order valence-corrected chi connectivity index (χ1v) is 7.61. The smallest absolute Gasteiger partial charge is 0.355 e. The van der Waals surface area contributed by atoms with E-state index in [4.69, 9.17) is 0 Å². The second-order valence-electron chi connectivity index (χ2n) is 5.96. The lowest BCUT2D eigenvalue weighted by atomic mass is 10.1. The topological polar surface area (TPSA) is 57.3 Å². The van der Waals surface area contributed by atoms with Crippen molar-refractivity contribution in [1.29, 1.82) is 0 Å². The molecule has 1 atom stereocenters. The molecule has 2 N–H and O–H groups in total. The summed E-state index contributed by atoms with van der Waals surface area (Å²) in [5.74, 6) is 0.494. The van der Waals surface area contributed by atoms with E-state index >= 15 is 0 Å². The molecule has 23 heavy (non-hydrogen) atoms. The Bertz CT molecular complexity index is 531. The molecule has 2 amide bonds. The van der Waals surface area contributed by atoms with Gasteiger partial charge in [-0.2, -0.15) is 13.2 Å². The summed E-state index contributed by atoms with van der Waals surface area (Å²) in [5, 5.41) is 5.65. The van der Waals surface area contributed by atoms with Crippen molar-refractivity contribution < 1.29 is 18.0 Å². The van der Waals surface area contributed by atoms with Crippen molar-refractivity contribution in [3.05, 3.63) is 23.9 Å². The average Bonchev–Trinajstić information content (AvgIpc) is 2.46. The summed E-state index contributed by atoms with van der Waals surface area (Å²) < 4.78 is 37.7. The molecule has 8 heteroatoms. The van der Waals surface area contributed by atoms with E-state index in [1.807, 2.05) is 18.7 Å². The molecule has 1 unspecified atom stereocenters. The third-order valence-corrected chi connectivity index (χ3v) is 3.58. The largest absolute Gasteiger partial charge is 0.417 e. The SMILES string of the molecule is CC(C)NC(=O)NC1CCCN(c2ccc(C(F)(F)F)cn2)C1. The minimum Gasteiger partial charge on any atom is -0.355 e. The Kier molecular flexibility index (Phi) is 5.33. The third-order valence-electron chi connectivity index (χ3n) is 3.58. The Morgan fingerprint density at radius 2 is 2.13 bits per heavy atom. The van der Waals surface area contributed by atoms with E-state index in [1.165, 1.54) is 6.07 Å². The van der Waals surface area contributed by atoms with E-state index in [0.717, 1.165) is 25.1 Å². The number of hydrogen-bond acceptors (Lipinski definition) is 3. The first-order chi connectivity index (χ1) is 10.8. The summed E-state index contributed by atoms with van der Waals surface area (Å²) >= 11 is 0. The number of piperidine rings is 1. The number of nitrogens with one attached hydrogen (secondary N) is 2. The lowest BCUT2D eigenvalue weighted by Gasteiger charge is -2.34. The highest BCUT2D eigenvalue weighted by Gasteiger charge is 2.31. The van der Waals surface area contributed by atoms with E-state index in [9.17, 15) is 18.0 Å². The zero-order valence-electron chi connectivity index (χ0n) is 13.2. The predicted molar refractivity (Wildman–Crippen MR) is 81.3 cm³/mol. The number of amides is 2. The number of nitrogens with zero attached hydrogens (tertiary/aromatic N) is 2. The molecule has 0 saturated carbocycles. The number of urea groups is 1. The van der Waals surface area contributed by atoms with Crippen molar-refractivity contribution in [1.82, 2.24) is 15.6 Å². The van der Waals surface area contributed by atoms with Crippen LogP contribution in [0.25, 0.3) is 0 Å². The molecule has 2 heterocycles. The van der Waals surface area contributed by atoms with Crippen LogP contribution in [0, 0.1) is 0 Å². The van der Waals surface area contributed by atoms with E-state index in [-0.39, 0.29) is 18.1 Å². The van der Waals surface area contributed by atoms with Crippen LogP contribution in [-0.4, -0.2) is 36.2 Å². The Morgan fingerprint density at radius 3 is 2.70 bits per heavy atom. The lowest BCUT2D eigenvalue weighted by molar-refractivity contribution is -0.137. The van der Waals surface area contributed by atoms with Gasteiger partial charge in [-0.15, -0.1) is 0 Å². The highest BCUT2D eigenvalue weighted by molar-refractivity contribution is 5.74. The molecule has 2 rings (SSSR count). The third kappa shape index (κ3) is 5.01. The van der Waals surface area contributed by atoms with Gasteiger partial charge in [-0.05, 0) is 38.8 Å². The summed E-state index contributed by atoms with van der Waals surface area (Å²) in [6, 6.07) is 2.18. The van der Waals surface area contributed by atoms with Gasteiger partial charge in [0.05, 0.1) is 5.56 Å². The van der Waals surface area contributed by atoms with Crippen LogP contribution in [0.5, 0.6) is 0 Å². The standard InChI is InChI=1S/C15H21F3N4O/c1-10(2)20-14(23)21-12-4-3-7-22(9-12)13-6-5-11(8-19-13)15(16,17)18/h5-6,8,10,12H,3-4,7,9H2,1-2H3,(H2,20,21,23). The van der Waals surface area contributed by atoms with Crippen LogP contribution in [0.4, 0.5) is 23.8 Å². The van der Waals surface area contributed by atoms with Gasteiger partial charge >= 0.3 is 12.2 Å². The molecule has 1 fully saturated rings. The summed E-state index contributed by atoms with van der Waals surface area (Å²) in [6.07, 6.45) is -1.86. The van der Waals surface area contributed by atoms with E-state index in [2.05, 4.69) is 15.6 Å². The molecule has 1 aromatic heterocycles. The molecular weight excluding hydrogens is 309 g/mol. The zero-order valence-corrected chi connectivity index (χ0v) is 13.2. The van der Waals surface area contributed by atoms with Crippen LogP contribution in [0.2, 0.25) is 0 Å². The van der Waals surface area contributed by atoms with Crippen LogP contribution < -0.4 is 15.5 Å². The molecule has 0 spiro atoms. The molecule has 0 bridgehead atoms. The molecule has 0 aromatic carbocycles. The van der Waals surface area contributed by atoms with Crippen LogP contribution in [0.1, 0.15) is 32.3 Å². The fourth-order valence-corrected chi connectivity index (χ4v) is 2.53. The van der Waals surface area contributed by atoms with Crippen molar-refractivity contribution in [2.24, 2.45) is 0 Å². The van der Waals surface area contributed by atoms with Gasteiger partial charge in [-0.3, -0.25) is 0 Å². The van der Waals surface area contributed by atoms with Crippen LogP contribution in [0.15, 0.2) is 18.3 Å². The Morgan fingerprint density at radius 1 is 1.39 bits per heavy atom. The fraction of sp³-hybridized carbons (Fsp3) is 0.600. The minimum atomic E-state index is -4.38. The highest BCUT2D eigenvalue weighted by atomic mass is 19.4. The van der Waals surface area contributed by atoms with E-state index < -0.39 is 11.7 Å². The number of hydrogen-bond donors (Lipinski definition) is 2. The fourth-order valence-electron chi connectivity index (χ4n) is 2.53. The number of anilines is 1. The Labute approximate surface area is 133 Å². The Balaban J connectivity index is 1.97. The van der Waals surface area contributed by atoms with Crippen LogP contribution in [-0.2, 0) is 6.18 Å². The van der Waals surface area contributed by atoms with Gasteiger partial charge in [0.2, 0.25) is 0 Å². The Hall–Kier alpha value is -1.99. The summed E-state index contributed by atoms with van der Waals surface area (Å²) in [7, 11) is 0. The first-order valence-electron chi connectivity index (χ1n) is 7.61. The molecular formula is C15H21F3N4O. The first kappa shape index (κ1) is 17.4. The summed E-state index contributed by atoms with van der Waals surface area (Å²) in [6.45, 7) is 4.99. The summed E-state index contributed by atoms with van der Waals surface area (Å²) in [5.41, 5.74) is -0.760. The maximum Gasteiger partial charge on any atom is 0.417 e. The van der Waals surface area contributed by atoms with E-state index in [0.29, 0.717) is 18.9 Å². The maximum absolute atomic E-state index is 12.6. The van der Waals surface area contributed by atoms with Crippen molar-refractivity contribution in [2.45, 2.75) is 44.9 Å². The molecule has 1 aliphatic heterocycles. The molecule has 128 valence electrons. The van der Waals surface area contributed by atoms with Crippen molar-refractivity contribution >= 4 is 11.8 Å². The average molecular weight is 330 g/mol. The lowest BCUT2D eigenvalue weighted by Crippen LogP contribution is -2.51. The zero-order chi connectivity index (χ0) is 17.0. The molecule has 0 aliphatic carbocycles. The molecule has 1 aliphatic rings. The van der Waals surface area contributed by atoms with Crippen molar-refractivity contribution in [2.75, 3.05) is 18.0 Å². The molecule has 1 saturated heterocycles. The number of pyridine rings is 1. The second kappa shape index (κ2) is 7.06. The quantitative estimate of drug-likeness (QED) is 0.896. The van der Waals surface area contributed by atoms with Gasteiger partial charge in [0.1, 0.15) is 5.82 Å². The maximum atomic E-state index is 12.6. The normalized spacial score (nSPS) is 18.9. The van der Waals surface area contributed by atoms with Gasteiger partial charge in [0, 0.05) is 31.4 Å². The van der Waals surface area contributed by atoms with Gasteiger partial charge in [-0.1, -0.05) is 0 Å². The van der Waals surface area contributed by atoms with E-state index in [1.54, 1.807) is 0 Å². The second-order valence-corrected chi connectivity index (χ2v) is 5.96. The number of halogens is 3. The number of alkyl halides is 3. The molecule has 0 radical (unpaired) electrons. The van der Waals surface area contributed by atoms with Gasteiger partial charge in [0.25, 0.3) is 0 Å². The number of carbonyl (C=O) groups excluding carboxylic acids is 1.